The van der Waals surface area contributed by atoms with Gasteiger partial charge < -0.3 is 9.84 Å². The lowest BCUT2D eigenvalue weighted by atomic mass is 10.1. The van der Waals surface area contributed by atoms with Crippen LogP contribution >= 0.6 is 23.2 Å². The van der Waals surface area contributed by atoms with Crippen molar-refractivity contribution in [1.29, 1.82) is 0 Å². The first-order valence-electron chi connectivity index (χ1n) is 8.37. The maximum atomic E-state index is 12.7. The van der Waals surface area contributed by atoms with Gasteiger partial charge in [-0.3, -0.25) is 4.79 Å². The van der Waals surface area contributed by atoms with Crippen molar-refractivity contribution in [3.63, 3.8) is 0 Å². The molecule has 0 radical (unpaired) electrons. The number of carbonyl (C=O) groups excluding carboxylic acids is 1. The molecule has 7 heteroatoms. The predicted molar refractivity (Wildman–Crippen MR) is 110 cm³/mol. The Kier molecular flexibility index (Phi) is 5.10. The zero-order chi connectivity index (χ0) is 19.5. The Labute approximate surface area is 170 Å². The van der Waals surface area contributed by atoms with E-state index in [1.54, 1.807) is 30.3 Å². The molecule has 0 atom stereocenters. The lowest BCUT2D eigenvalue weighted by Crippen LogP contribution is -2.13. The van der Waals surface area contributed by atoms with E-state index in [-0.39, 0.29) is 10.9 Å². The molecule has 0 aliphatic carbocycles. The van der Waals surface area contributed by atoms with E-state index in [0.29, 0.717) is 33.6 Å². The average molecular weight is 410 g/mol. The normalized spacial score (nSPS) is 10.6. The van der Waals surface area contributed by atoms with Gasteiger partial charge in [0.05, 0.1) is 21.8 Å². The average Bonchev–Trinajstić information content (AvgIpc) is 3.19. The second-order valence-electron chi connectivity index (χ2n) is 5.91. The number of rotatable bonds is 4. The standard InChI is InChI=1S/C21H13Cl2N3O2/c22-14-10-11-15(17(23)12-14)20(27)24-18-9-5-4-8-16(18)21-25-19(26-28-21)13-6-2-1-3-7-13/h1-12H,(H,24,27). The topological polar surface area (TPSA) is 68.0 Å². The van der Waals surface area contributed by atoms with Crippen LogP contribution in [-0.4, -0.2) is 16.0 Å². The second-order valence-corrected chi connectivity index (χ2v) is 6.76. The largest absolute Gasteiger partial charge is 0.334 e. The number of hydrogen-bond acceptors (Lipinski definition) is 4. The highest BCUT2D eigenvalue weighted by atomic mass is 35.5. The number of nitrogens with one attached hydrogen (secondary N) is 1. The first kappa shape index (κ1) is 18.2. The third kappa shape index (κ3) is 3.76. The highest BCUT2D eigenvalue weighted by Gasteiger charge is 2.17. The Morgan fingerprint density at radius 2 is 1.68 bits per heavy atom. The smallest absolute Gasteiger partial charge is 0.260 e. The van der Waals surface area contributed by atoms with Crippen molar-refractivity contribution in [1.82, 2.24) is 10.1 Å². The van der Waals surface area contributed by atoms with E-state index in [1.807, 2.05) is 36.4 Å². The molecule has 1 amide bonds. The van der Waals surface area contributed by atoms with Crippen LogP contribution in [-0.2, 0) is 0 Å². The van der Waals surface area contributed by atoms with Gasteiger partial charge in [-0.15, -0.1) is 0 Å². The summed E-state index contributed by atoms with van der Waals surface area (Å²) in [6.07, 6.45) is 0. The third-order valence-corrected chi connectivity index (χ3v) is 4.59. The molecule has 0 aliphatic heterocycles. The van der Waals surface area contributed by atoms with E-state index in [2.05, 4.69) is 15.5 Å². The number of aromatic nitrogens is 2. The third-order valence-electron chi connectivity index (χ3n) is 4.04. The molecule has 3 aromatic carbocycles. The fourth-order valence-electron chi connectivity index (χ4n) is 2.68. The number of carbonyl (C=O) groups is 1. The molecule has 1 aromatic heterocycles. The molecule has 0 aliphatic rings. The molecule has 28 heavy (non-hydrogen) atoms. The van der Waals surface area contributed by atoms with Crippen molar-refractivity contribution in [3.05, 3.63) is 88.4 Å². The molecule has 0 unspecified atom stereocenters. The Morgan fingerprint density at radius 1 is 0.929 bits per heavy atom. The highest BCUT2D eigenvalue weighted by Crippen LogP contribution is 2.29. The van der Waals surface area contributed by atoms with E-state index >= 15 is 0 Å². The minimum absolute atomic E-state index is 0.270. The minimum atomic E-state index is -0.364. The first-order chi connectivity index (χ1) is 13.6. The van der Waals surface area contributed by atoms with Crippen molar-refractivity contribution in [2.75, 3.05) is 5.32 Å². The summed E-state index contributed by atoms with van der Waals surface area (Å²) in [6.45, 7) is 0. The summed E-state index contributed by atoms with van der Waals surface area (Å²) in [5.74, 6) is 0.409. The Bertz CT molecular complexity index is 1140. The lowest BCUT2D eigenvalue weighted by molar-refractivity contribution is 0.102. The van der Waals surface area contributed by atoms with Crippen LogP contribution in [0.2, 0.25) is 10.0 Å². The highest BCUT2D eigenvalue weighted by molar-refractivity contribution is 6.37. The monoisotopic (exact) mass is 409 g/mol. The first-order valence-corrected chi connectivity index (χ1v) is 9.12. The van der Waals surface area contributed by atoms with Crippen LogP contribution < -0.4 is 5.32 Å². The number of nitrogens with zero attached hydrogens (tertiary/aromatic N) is 2. The molecule has 0 saturated heterocycles. The molecule has 4 aromatic rings. The van der Waals surface area contributed by atoms with Gasteiger partial charge in [0.15, 0.2) is 0 Å². The van der Waals surface area contributed by atoms with E-state index in [4.69, 9.17) is 27.7 Å². The molecule has 0 spiro atoms. The summed E-state index contributed by atoms with van der Waals surface area (Å²) in [6, 6.07) is 21.4. The number of halogens is 2. The summed E-state index contributed by atoms with van der Waals surface area (Å²) in [5, 5.41) is 7.60. The number of benzene rings is 3. The number of amides is 1. The summed E-state index contributed by atoms with van der Waals surface area (Å²) < 4.78 is 5.42. The van der Waals surface area contributed by atoms with E-state index in [9.17, 15) is 4.79 Å². The molecule has 4 rings (SSSR count). The van der Waals surface area contributed by atoms with Gasteiger partial charge in [0.2, 0.25) is 5.82 Å². The SMILES string of the molecule is O=C(Nc1ccccc1-c1nc(-c2ccccc2)no1)c1ccc(Cl)cc1Cl. The molecule has 0 bridgehead atoms. The summed E-state index contributed by atoms with van der Waals surface area (Å²) in [7, 11) is 0. The Balaban J connectivity index is 1.64. The lowest BCUT2D eigenvalue weighted by Gasteiger charge is -2.09. The molecule has 1 N–H and O–H groups in total. The van der Waals surface area contributed by atoms with Crippen molar-refractivity contribution in [3.8, 4) is 22.8 Å². The van der Waals surface area contributed by atoms with Crippen LogP contribution in [0, 0.1) is 0 Å². The summed E-state index contributed by atoms with van der Waals surface area (Å²) >= 11 is 12.0. The fraction of sp³-hybridized carbons (Fsp3) is 0. The predicted octanol–water partition coefficient (Wildman–Crippen LogP) is 5.96. The van der Waals surface area contributed by atoms with Gasteiger partial charge >= 0.3 is 0 Å². The number of para-hydroxylation sites is 1. The maximum absolute atomic E-state index is 12.7. The van der Waals surface area contributed by atoms with Crippen LogP contribution in [0.3, 0.4) is 0 Å². The zero-order valence-electron chi connectivity index (χ0n) is 14.4. The molecule has 0 saturated carbocycles. The van der Waals surface area contributed by atoms with E-state index < -0.39 is 0 Å². The maximum Gasteiger partial charge on any atom is 0.260 e. The van der Waals surface area contributed by atoms with Gasteiger partial charge in [-0.05, 0) is 30.3 Å². The van der Waals surface area contributed by atoms with Gasteiger partial charge in [0, 0.05) is 10.6 Å². The van der Waals surface area contributed by atoms with E-state index in [1.165, 1.54) is 6.07 Å². The molecular formula is C21H13Cl2N3O2. The quantitative estimate of drug-likeness (QED) is 0.451. The van der Waals surface area contributed by atoms with Gasteiger partial charge in [-0.25, -0.2) is 0 Å². The van der Waals surface area contributed by atoms with Crippen molar-refractivity contribution < 1.29 is 9.32 Å². The van der Waals surface area contributed by atoms with Crippen molar-refractivity contribution in [2.45, 2.75) is 0 Å². The Hall–Kier alpha value is -3.15. The molecule has 138 valence electrons. The van der Waals surface area contributed by atoms with Crippen LogP contribution in [0.25, 0.3) is 22.8 Å². The van der Waals surface area contributed by atoms with Gasteiger partial charge in [0.25, 0.3) is 11.8 Å². The number of hydrogen-bond donors (Lipinski definition) is 1. The zero-order valence-corrected chi connectivity index (χ0v) is 15.9. The van der Waals surface area contributed by atoms with Crippen LogP contribution in [0.4, 0.5) is 5.69 Å². The molecule has 5 nitrogen and oxygen atoms in total. The van der Waals surface area contributed by atoms with Crippen molar-refractivity contribution >= 4 is 34.8 Å². The van der Waals surface area contributed by atoms with Gasteiger partial charge in [-0.2, -0.15) is 4.98 Å². The summed E-state index contributed by atoms with van der Waals surface area (Å²) in [4.78, 5) is 17.1. The number of anilines is 1. The van der Waals surface area contributed by atoms with Gasteiger partial charge in [-0.1, -0.05) is 70.8 Å². The van der Waals surface area contributed by atoms with Crippen LogP contribution in [0.5, 0.6) is 0 Å². The molecule has 1 heterocycles. The van der Waals surface area contributed by atoms with Crippen LogP contribution in [0.15, 0.2) is 77.3 Å². The van der Waals surface area contributed by atoms with Gasteiger partial charge in [0.1, 0.15) is 0 Å². The second kappa shape index (κ2) is 7.84. The van der Waals surface area contributed by atoms with Crippen molar-refractivity contribution in [2.24, 2.45) is 0 Å². The minimum Gasteiger partial charge on any atom is -0.334 e. The summed E-state index contributed by atoms with van der Waals surface area (Å²) in [5.41, 5.74) is 2.29. The van der Waals surface area contributed by atoms with Crippen LogP contribution in [0.1, 0.15) is 10.4 Å². The van der Waals surface area contributed by atoms with E-state index in [0.717, 1.165) is 5.56 Å². The molecular weight excluding hydrogens is 397 g/mol. The molecule has 0 fully saturated rings. The Morgan fingerprint density at radius 3 is 2.46 bits per heavy atom. The fourth-order valence-corrected chi connectivity index (χ4v) is 3.17.